The van der Waals surface area contributed by atoms with Gasteiger partial charge in [-0.05, 0) is 6.07 Å². The summed E-state index contributed by atoms with van der Waals surface area (Å²) in [6.45, 7) is 0. The van der Waals surface area contributed by atoms with E-state index in [-0.39, 0.29) is 11.3 Å². The van der Waals surface area contributed by atoms with E-state index in [2.05, 4.69) is 9.91 Å². The number of rotatable bonds is 2. The maximum Gasteiger partial charge on any atom is 0.426 e. The monoisotopic (exact) mass is 289 g/mol. The second-order valence-electron chi connectivity index (χ2n) is 4.22. The number of halogens is 3. The molecule has 0 fully saturated rings. The fourth-order valence-corrected chi connectivity index (χ4v) is 2.18. The molecule has 1 aliphatic rings. The number of ether oxygens (including phenoxy) is 2. The Hall–Kier alpha value is -2.12. The topological polar surface area (TPSA) is 65.0 Å². The van der Waals surface area contributed by atoms with E-state index in [1.165, 1.54) is 24.3 Å². The van der Waals surface area contributed by atoms with E-state index in [1.807, 2.05) is 0 Å². The van der Waals surface area contributed by atoms with Gasteiger partial charge in [0.05, 0.1) is 7.11 Å². The molecule has 2 rings (SSSR count). The predicted octanol–water partition coefficient (Wildman–Crippen LogP) is 2.61. The minimum atomic E-state index is -4.82. The third kappa shape index (κ3) is 2.33. The average molecular weight is 289 g/mol. The molecule has 5 nitrogen and oxygen atoms in total. The lowest BCUT2D eigenvalue weighted by atomic mass is 9.85. The number of methoxy groups -OCH3 is 1. The highest BCUT2D eigenvalue weighted by Crippen LogP contribution is 2.45. The van der Waals surface area contributed by atoms with E-state index < -0.39 is 30.2 Å². The second kappa shape index (κ2) is 5.10. The van der Waals surface area contributed by atoms with Gasteiger partial charge in [0.15, 0.2) is 0 Å². The van der Waals surface area contributed by atoms with Crippen LogP contribution in [0.4, 0.5) is 13.2 Å². The van der Waals surface area contributed by atoms with Crippen molar-refractivity contribution in [2.24, 2.45) is 11.1 Å². The van der Waals surface area contributed by atoms with Crippen LogP contribution in [0.15, 0.2) is 29.4 Å². The summed E-state index contributed by atoms with van der Waals surface area (Å²) in [7, 11) is 0.943. The van der Waals surface area contributed by atoms with Gasteiger partial charge in [-0.15, -0.1) is 0 Å². The zero-order valence-corrected chi connectivity index (χ0v) is 10.3. The molecule has 1 heterocycles. The van der Waals surface area contributed by atoms with Crippen LogP contribution < -0.4 is 4.74 Å². The lowest BCUT2D eigenvalue weighted by Crippen LogP contribution is -2.49. The molecule has 0 saturated heterocycles. The van der Waals surface area contributed by atoms with Crippen LogP contribution in [0.25, 0.3) is 0 Å². The van der Waals surface area contributed by atoms with E-state index >= 15 is 0 Å². The number of alkyl halides is 3. The van der Waals surface area contributed by atoms with E-state index in [9.17, 15) is 22.9 Å². The maximum atomic E-state index is 13.0. The summed E-state index contributed by atoms with van der Waals surface area (Å²) in [5, 5.41) is 2.67. The van der Waals surface area contributed by atoms with Crippen molar-refractivity contribution in [2.75, 3.05) is 7.11 Å². The molecule has 20 heavy (non-hydrogen) atoms. The molecular weight excluding hydrogens is 279 g/mol. The first-order valence-electron chi connectivity index (χ1n) is 5.62. The Morgan fingerprint density at radius 2 is 2.00 bits per heavy atom. The summed E-state index contributed by atoms with van der Waals surface area (Å²) in [5.41, 5.74) is 0.137. The molecular formula is C12H10F3NO4. The number of fused-ring (bicyclic) bond motifs is 1. The van der Waals surface area contributed by atoms with E-state index in [4.69, 9.17) is 4.74 Å². The molecule has 0 N–H and O–H groups in total. The van der Waals surface area contributed by atoms with Crippen LogP contribution in [0.1, 0.15) is 11.6 Å². The first kappa shape index (κ1) is 14.3. The van der Waals surface area contributed by atoms with E-state index in [0.717, 1.165) is 7.11 Å². The standard InChI is InChI=1S/C12H10F3NO4/c1-19-11(17)8-9(16-18)6-4-2-3-5-7(6)20-10(8)12(13,14)15/h2-5,8-10H,1H3. The van der Waals surface area contributed by atoms with Gasteiger partial charge in [0, 0.05) is 5.56 Å². The normalized spacial score (nSPS) is 25.3. The van der Waals surface area contributed by atoms with Crippen LogP contribution in [0.3, 0.4) is 0 Å². The third-order valence-electron chi connectivity index (χ3n) is 3.07. The summed E-state index contributed by atoms with van der Waals surface area (Å²) in [5.74, 6) is -3.15. The first-order valence-corrected chi connectivity index (χ1v) is 5.62. The van der Waals surface area contributed by atoms with Crippen molar-refractivity contribution in [3.8, 4) is 5.75 Å². The molecule has 108 valence electrons. The number of carbonyl (C=O) groups is 1. The van der Waals surface area contributed by atoms with Gasteiger partial charge in [-0.1, -0.05) is 23.4 Å². The molecule has 1 aromatic carbocycles. The summed E-state index contributed by atoms with van der Waals surface area (Å²) >= 11 is 0. The van der Waals surface area contributed by atoms with E-state index in [0.29, 0.717) is 0 Å². The van der Waals surface area contributed by atoms with Gasteiger partial charge in [-0.3, -0.25) is 4.79 Å². The number of hydrogen-bond acceptors (Lipinski definition) is 5. The van der Waals surface area contributed by atoms with Crippen LogP contribution in [-0.2, 0) is 9.53 Å². The van der Waals surface area contributed by atoms with Crippen molar-refractivity contribution in [3.63, 3.8) is 0 Å². The molecule has 0 amide bonds. The summed E-state index contributed by atoms with van der Waals surface area (Å²) in [6.07, 6.45) is -7.29. The molecule has 0 saturated carbocycles. The molecule has 3 unspecified atom stereocenters. The van der Waals surface area contributed by atoms with E-state index in [1.54, 1.807) is 0 Å². The Morgan fingerprint density at radius 3 is 2.55 bits per heavy atom. The lowest BCUT2D eigenvalue weighted by molar-refractivity contribution is -0.221. The van der Waals surface area contributed by atoms with Gasteiger partial charge in [-0.25, -0.2) is 0 Å². The van der Waals surface area contributed by atoms with Crippen molar-refractivity contribution < 1.29 is 27.4 Å². The number of para-hydroxylation sites is 1. The maximum absolute atomic E-state index is 13.0. The molecule has 3 atom stereocenters. The zero-order valence-electron chi connectivity index (χ0n) is 10.3. The number of carbonyl (C=O) groups excluding carboxylic acids is 1. The largest absolute Gasteiger partial charge is 0.480 e. The van der Waals surface area contributed by atoms with Crippen LogP contribution in [0, 0.1) is 10.8 Å². The van der Waals surface area contributed by atoms with Gasteiger partial charge in [0.25, 0.3) is 0 Å². The van der Waals surface area contributed by atoms with Crippen molar-refractivity contribution in [3.05, 3.63) is 34.7 Å². The Bertz CT molecular complexity index is 532. The molecule has 1 aromatic rings. The van der Waals surface area contributed by atoms with Crippen molar-refractivity contribution in [2.45, 2.75) is 18.3 Å². The highest BCUT2D eigenvalue weighted by molar-refractivity contribution is 5.75. The summed E-state index contributed by atoms with van der Waals surface area (Å²) in [6, 6.07) is 4.16. The second-order valence-corrected chi connectivity index (χ2v) is 4.22. The van der Waals surface area contributed by atoms with Crippen LogP contribution >= 0.6 is 0 Å². The van der Waals surface area contributed by atoms with Crippen LogP contribution in [0.5, 0.6) is 5.75 Å². The highest BCUT2D eigenvalue weighted by Gasteiger charge is 2.57. The number of hydrogen-bond donors (Lipinski definition) is 0. The Labute approximate surface area is 111 Å². The van der Waals surface area contributed by atoms with Crippen molar-refractivity contribution >= 4 is 5.97 Å². The quantitative estimate of drug-likeness (QED) is 0.620. The average Bonchev–Trinajstić information content (AvgIpc) is 2.43. The number of benzene rings is 1. The number of nitroso groups, excluding NO2 is 1. The Kier molecular flexibility index (Phi) is 3.65. The lowest BCUT2D eigenvalue weighted by Gasteiger charge is -2.35. The van der Waals surface area contributed by atoms with Gasteiger partial charge < -0.3 is 9.47 Å². The van der Waals surface area contributed by atoms with Crippen molar-refractivity contribution in [1.82, 2.24) is 0 Å². The minimum absolute atomic E-state index is 0.112. The Morgan fingerprint density at radius 1 is 1.35 bits per heavy atom. The summed E-state index contributed by atoms with van der Waals surface area (Å²) < 4.78 is 48.2. The molecule has 0 aliphatic carbocycles. The van der Waals surface area contributed by atoms with Gasteiger partial charge in [0.1, 0.15) is 17.7 Å². The SMILES string of the molecule is COC(=O)C1C(N=O)c2ccccc2OC1C(F)(F)F. The van der Waals surface area contributed by atoms with Crippen LogP contribution in [-0.4, -0.2) is 25.4 Å². The molecule has 1 aliphatic heterocycles. The van der Waals surface area contributed by atoms with Crippen molar-refractivity contribution in [1.29, 1.82) is 0 Å². The van der Waals surface area contributed by atoms with Gasteiger partial charge >= 0.3 is 12.1 Å². The zero-order chi connectivity index (χ0) is 14.9. The predicted molar refractivity (Wildman–Crippen MR) is 61.0 cm³/mol. The van der Waals surface area contributed by atoms with Gasteiger partial charge in [-0.2, -0.15) is 18.1 Å². The number of nitrogens with zero attached hydrogens (tertiary/aromatic N) is 1. The first-order chi connectivity index (χ1) is 9.40. The summed E-state index contributed by atoms with van der Waals surface area (Å²) in [4.78, 5) is 22.5. The van der Waals surface area contributed by atoms with Gasteiger partial charge in [0.2, 0.25) is 6.10 Å². The smallest absolute Gasteiger partial charge is 0.426 e. The Balaban J connectivity index is 2.55. The minimum Gasteiger partial charge on any atom is -0.480 e. The number of esters is 1. The molecule has 0 spiro atoms. The fraction of sp³-hybridized carbons (Fsp3) is 0.417. The third-order valence-corrected chi connectivity index (χ3v) is 3.07. The molecule has 8 heteroatoms. The highest BCUT2D eigenvalue weighted by atomic mass is 19.4. The molecule has 0 aromatic heterocycles. The molecule has 0 radical (unpaired) electrons. The molecule has 0 bridgehead atoms. The fourth-order valence-electron chi connectivity index (χ4n) is 2.18. The van der Waals surface area contributed by atoms with Crippen LogP contribution in [0.2, 0.25) is 0 Å².